The highest BCUT2D eigenvalue weighted by Crippen LogP contribution is 2.42. The molecule has 0 bridgehead atoms. The van der Waals surface area contributed by atoms with E-state index in [1.54, 1.807) is 0 Å². The van der Waals surface area contributed by atoms with Crippen LogP contribution in [0.3, 0.4) is 0 Å². The lowest BCUT2D eigenvalue weighted by atomic mass is 10.1. The van der Waals surface area contributed by atoms with Crippen LogP contribution < -0.4 is 0 Å². The summed E-state index contributed by atoms with van der Waals surface area (Å²) in [5.74, 6) is 0. The van der Waals surface area contributed by atoms with Crippen molar-refractivity contribution in [3.63, 3.8) is 0 Å². The first-order chi connectivity index (χ1) is 12.9. The van der Waals surface area contributed by atoms with E-state index in [1.165, 1.54) is 47.7 Å². The molecule has 0 N–H and O–H groups in total. The Morgan fingerprint density at radius 3 is 2.19 bits per heavy atom. The van der Waals surface area contributed by atoms with Gasteiger partial charge in [-0.05, 0) is 23.6 Å². The molecule has 2 heteroatoms. The zero-order valence-corrected chi connectivity index (χ0v) is 14.8. The third-order valence-electron chi connectivity index (χ3n) is 5.19. The molecule has 0 radical (unpaired) electrons. The largest absolute Gasteiger partial charge is 0.307 e. The van der Waals surface area contributed by atoms with E-state index in [0.29, 0.717) is 0 Å². The second kappa shape index (κ2) is 5.20. The van der Waals surface area contributed by atoms with E-state index < -0.39 is 0 Å². The first-order valence-corrected chi connectivity index (χ1v) is 9.62. The number of fused-ring (bicyclic) bond motifs is 6. The molecule has 0 atom stereocenters. The summed E-state index contributed by atoms with van der Waals surface area (Å²) in [6, 6.07) is 32.7. The van der Waals surface area contributed by atoms with E-state index in [-0.39, 0.29) is 0 Å². The highest BCUT2D eigenvalue weighted by Gasteiger charge is 2.18. The fourth-order valence-electron chi connectivity index (χ4n) is 4.07. The fraction of sp³-hybridized carbons (Fsp3) is 0. The van der Waals surface area contributed by atoms with Crippen molar-refractivity contribution < 1.29 is 0 Å². The molecule has 0 spiro atoms. The Hall–Kier alpha value is -3.10. The van der Waals surface area contributed by atoms with Gasteiger partial charge in [-0.1, -0.05) is 72.8 Å². The average molecular weight is 349 g/mol. The van der Waals surface area contributed by atoms with E-state index >= 15 is 0 Å². The predicted molar refractivity (Wildman–Crippen MR) is 114 cm³/mol. The van der Waals surface area contributed by atoms with Gasteiger partial charge >= 0.3 is 0 Å². The molecule has 4 aromatic carbocycles. The summed E-state index contributed by atoms with van der Waals surface area (Å²) in [4.78, 5) is 0. The second-order valence-corrected chi connectivity index (χ2v) is 7.68. The van der Waals surface area contributed by atoms with Gasteiger partial charge in [0, 0.05) is 20.9 Å². The van der Waals surface area contributed by atoms with Crippen molar-refractivity contribution in [2.75, 3.05) is 0 Å². The van der Waals surface area contributed by atoms with Crippen molar-refractivity contribution in [1.29, 1.82) is 0 Å². The van der Waals surface area contributed by atoms with Crippen LogP contribution >= 0.6 is 11.3 Å². The molecule has 0 aliphatic carbocycles. The van der Waals surface area contributed by atoms with E-state index in [9.17, 15) is 0 Å². The van der Waals surface area contributed by atoms with Gasteiger partial charge in [-0.15, -0.1) is 11.3 Å². The summed E-state index contributed by atoms with van der Waals surface area (Å²) in [7, 11) is 0. The summed E-state index contributed by atoms with van der Waals surface area (Å²) in [6.45, 7) is 0. The summed E-state index contributed by atoms with van der Waals surface area (Å²) in [6.07, 6.45) is 0. The summed E-state index contributed by atoms with van der Waals surface area (Å²) in [5, 5.41) is 5.22. The number of hydrogen-bond donors (Lipinski definition) is 0. The van der Waals surface area contributed by atoms with Gasteiger partial charge in [-0.3, -0.25) is 0 Å². The quantitative estimate of drug-likeness (QED) is 0.297. The minimum absolute atomic E-state index is 1.25. The first-order valence-electron chi connectivity index (χ1n) is 8.81. The number of nitrogens with zero attached hydrogens (tertiary/aromatic N) is 1. The van der Waals surface area contributed by atoms with Crippen LogP contribution in [0, 0.1) is 0 Å². The average Bonchev–Trinajstić information content (AvgIpc) is 3.22. The van der Waals surface area contributed by atoms with Crippen LogP contribution in [0.2, 0.25) is 0 Å². The van der Waals surface area contributed by atoms with Gasteiger partial charge in [0.25, 0.3) is 0 Å². The van der Waals surface area contributed by atoms with Crippen LogP contribution in [0.5, 0.6) is 0 Å². The van der Waals surface area contributed by atoms with Gasteiger partial charge in [-0.2, -0.15) is 0 Å². The number of thiophene rings is 1. The minimum Gasteiger partial charge on any atom is -0.307 e. The number of para-hydroxylation sites is 1. The van der Waals surface area contributed by atoms with Gasteiger partial charge in [0.05, 0.1) is 21.4 Å². The molecule has 0 saturated carbocycles. The topological polar surface area (TPSA) is 4.93 Å². The van der Waals surface area contributed by atoms with Crippen molar-refractivity contribution in [3.05, 3.63) is 91.0 Å². The Kier molecular flexibility index (Phi) is 2.82. The molecular formula is C24H15NS. The Balaban J connectivity index is 1.90. The summed E-state index contributed by atoms with van der Waals surface area (Å²) in [5.41, 5.74) is 3.84. The molecular weight excluding hydrogens is 334 g/mol. The Bertz CT molecular complexity index is 1420. The third kappa shape index (κ3) is 1.80. The highest BCUT2D eigenvalue weighted by molar-refractivity contribution is 7.26. The van der Waals surface area contributed by atoms with Crippen LogP contribution in [0.15, 0.2) is 91.0 Å². The molecule has 122 valence electrons. The maximum absolute atomic E-state index is 2.45. The van der Waals surface area contributed by atoms with E-state index in [1.807, 2.05) is 11.3 Å². The van der Waals surface area contributed by atoms with Gasteiger partial charge in [0.15, 0.2) is 0 Å². The van der Waals surface area contributed by atoms with Crippen molar-refractivity contribution in [2.45, 2.75) is 0 Å². The molecule has 0 aliphatic heterocycles. The molecule has 1 nitrogen and oxygen atoms in total. The fourth-order valence-corrected chi connectivity index (χ4v) is 5.29. The molecule has 0 fully saturated rings. The summed E-state index contributed by atoms with van der Waals surface area (Å²) < 4.78 is 5.17. The van der Waals surface area contributed by atoms with Crippen molar-refractivity contribution in [1.82, 2.24) is 4.57 Å². The van der Waals surface area contributed by atoms with Crippen LogP contribution in [0.1, 0.15) is 0 Å². The monoisotopic (exact) mass is 349 g/mol. The Labute approximate surface area is 154 Å². The molecule has 2 heterocycles. The Morgan fingerprint density at radius 1 is 0.577 bits per heavy atom. The van der Waals surface area contributed by atoms with Crippen molar-refractivity contribution >= 4 is 53.3 Å². The lowest BCUT2D eigenvalue weighted by molar-refractivity contribution is 1.21. The zero-order valence-electron chi connectivity index (χ0n) is 14.0. The second-order valence-electron chi connectivity index (χ2n) is 6.63. The third-order valence-corrected chi connectivity index (χ3v) is 6.38. The van der Waals surface area contributed by atoms with Gasteiger partial charge in [-0.25, -0.2) is 0 Å². The van der Waals surface area contributed by atoms with Gasteiger partial charge < -0.3 is 4.57 Å². The SMILES string of the molecule is c1ccc2c(-n3c4ccccc4c4sc5ccccc5c43)cccc2c1. The van der Waals surface area contributed by atoms with Crippen LogP contribution in [0.4, 0.5) is 0 Å². The van der Waals surface area contributed by atoms with Gasteiger partial charge in [0.2, 0.25) is 0 Å². The van der Waals surface area contributed by atoms with Crippen LogP contribution in [-0.2, 0) is 0 Å². The number of aromatic nitrogens is 1. The molecule has 26 heavy (non-hydrogen) atoms. The van der Waals surface area contributed by atoms with Crippen LogP contribution in [-0.4, -0.2) is 4.57 Å². The molecule has 2 aromatic heterocycles. The lowest BCUT2D eigenvalue weighted by Gasteiger charge is -2.11. The smallest absolute Gasteiger partial charge is 0.0727 e. The van der Waals surface area contributed by atoms with E-state index in [2.05, 4.69) is 95.6 Å². The molecule has 0 amide bonds. The van der Waals surface area contributed by atoms with E-state index in [0.717, 1.165) is 0 Å². The predicted octanol–water partition coefficient (Wildman–Crippen LogP) is 7.15. The molecule has 6 aromatic rings. The standard InChI is InChI=1S/C24H15NS/c1-2-10-17-16(8-1)9-7-14-20(17)25-21-13-5-3-11-18(21)24-23(25)19-12-4-6-15-22(19)26-24/h1-15H. The first kappa shape index (κ1) is 14.1. The molecule has 0 saturated heterocycles. The highest BCUT2D eigenvalue weighted by atomic mass is 32.1. The lowest BCUT2D eigenvalue weighted by Crippen LogP contribution is -1.94. The van der Waals surface area contributed by atoms with E-state index in [4.69, 9.17) is 0 Å². The minimum atomic E-state index is 1.25. The number of benzene rings is 4. The number of hydrogen-bond acceptors (Lipinski definition) is 1. The van der Waals surface area contributed by atoms with Crippen molar-refractivity contribution in [3.8, 4) is 5.69 Å². The Morgan fingerprint density at radius 2 is 1.27 bits per heavy atom. The van der Waals surface area contributed by atoms with Crippen molar-refractivity contribution in [2.24, 2.45) is 0 Å². The zero-order chi connectivity index (χ0) is 17.1. The normalized spacial score (nSPS) is 11.8. The maximum Gasteiger partial charge on any atom is 0.0727 e. The molecule has 0 unspecified atom stereocenters. The number of rotatable bonds is 1. The maximum atomic E-state index is 2.45. The molecule has 0 aliphatic rings. The van der Waals surface area contributed by atoms with Crippen LogP contribution in [0.25, 0.3) is 47.7 Å². The summed E-state index contributed by atoms with van der Waals surface area (Å²) >= 11 is 1.89. The molecule has 6 rings (SSSR count). The van der Waals surface area contributed by atoms with Gasteiger partial charge in [0.1, 0.15) is 0 Å².